The van der Waals surface area contributed by atoms with Gasteiger partial charge in [-0.3, -0.25) is 0 Å². The Morgan fingerprint density at radius 2 is 2.23 bits per heavy atom. The molecule has 0 aliphatic heterocycles. The smallest absolute Gasteiger partial charge is 0.0607 e. The van der Waals surface area contributed by atoms with Crippen LogP contribution in [0.1, 0.15) is 18.7 Å². The van der Waals surface area contributed by atoms with Crippen molar-refractivity contribution in [2.45, 2.75) is 25.9 Å². The molecule has 0 aliphatic carbocycles. The predicted molar refractivity (Wildman–Crippen MR) is 59.6 cm³/mol. The van der Waals surface area contributed by atoms with E-state index in [0.29, 0.717) is 0 Å². The summed E-state index contributed by atoms with van der Waals surface area (Å²) in [4.78, 5) is 1.30. The average molecular weight is 222 g/mol. The van der Waals surface area contributed by atoms with E-state index in [1.807, 2.05) is 19.9 Å². The van der Waals surface area contributed by atoms with Gasteiger partial charge in [0.2, 0.25) is 0 Å². The largest absolute Gasteiger partial charge is 0.394 e. The van der Waals surface area contributed by atoms with Crippen LogP contribution in [0, 0.1) is 0 Å². The van der Waals surface area contributed by atoms with Crippen molar-refractivity contribution in [3.8, 4) is 0 Å². The van der Waals surface area contributed by atoms with Crippen LogP contribution in [-0.2, 0) is 6.54 Å². The monoisotopic (exact) mass is 221 g/mol. The quantitative estimate of drug-likeness (QED) is 0.816. The summed E-state index contributed by atoms with van der Waals surface area (Å²) < 4.78 is 0. The molecule has 2 nitrogen and oxygen atoms in total. The fraction of sp³-hybridized carbons (Fsp3) is 0.556. The number of hydrogen-bond donors (Lipinski definition) is 2. The lowest BCUT2D eigenvalue weighted by molar-refractivity contribution is 0.187. The molecule has 0 spiro atoms. The van der Waals surface area contributed by atoms with Gasteiger partial charge in [-0.25, -0.2) is 0 Å². The van der Waals surface area contributed by atoms with Gasteiger partial charge in [-0.05, 0) is 25.3 Å². The van der Waals surface area contributed by atoms with Crippen molar-refractivity contribution in [1.82, 2.24) is 5.32 Å². The van der Waals surface area contributed by atoms with E-state index < -0.39 is 0 Å². The molecule has 0 saturated carbocycles. The minimum Gasteiger partial charge on any atom is -0.394 e. The van der Waals surface area contributed by atoms with E-state index >= 15 is 0 Å². The van der Waals surface area contributed by atoms with Gasteiger partial charge >= 0.3 is 0 Å². The summed E-state index contributed by atoms with van der Waals surface area (Å²) >= 11 is 1.73. The third kappa shape index (κ3) is 4.62. The van der Waals surface area contributed by atoms with Crippen LogP contribution in [0.4, 0.5) is 0 Å². The Morgan fingerprint density at radius 1 is 1.54 bits per heavy atom. The van der Waals surface area contributed by atoms with E-state index in [2.05, 4.69) is 16.8 Å². The molecule has 0 unspecified atom stereocenters. The Bertz CT molecular complexity index is 224. The van der Waals surface area contributed by atoms with Crippen molar-refractivity contribution in [2.75, 3.05) is 6.61 Å². The SMILES string of the molecule is CC(C)(CO)NCc1cccs1.Cl. The molecule has 1 rings (SSSR count). The number of aliphatic hydroxyl groups excluding tert-OH is 1. The highest BCUT2D eigenvalue weighted by Gasteiger charge is 2.14. The predicted octanol–water partition coefficient (Wildman–Crippen LogP) is 2.03. The van der Waals surface area contributed by atoms with Gasteiger partial charge in [0, 0.05) is 17.0 Å². The highest BCUT2D eigenvalue weighted by atomic mass is 35.5. The number of halogens is 1. The number of nitrogens with one attached hydrogen (secondary N) is 1. The van der Waals surface area contributed by atoms with Crippen molar-refractivity contribution in [3.05, 3.63) is 22.4 Å². The average Bonchev–Trinajstić information content (AvgIpc) is 2.53. The van der Waals surface area contributed by atoms with E-state index in [1.54, 1.807) is 11.3 Å². The van der Waals surface area contributed by atoms with Gasteiger partial charge in [-0.15, -0.1) is 23.7 Å². The topological polar surface area (TPSA) is 32.3 Å². The summed E-state index contributed by atoms with van der Waals surface area (Å²) in [5.41, 5.74) is -0.177. The van der Waals surface area contributed by atoms with Gasteiger partial charge < -0.3 is 10.4 Å². The van der Waals surface area contributed by atoms with Crippen molar-refractivity contribution in [3.63, 3.8) is 0 Å². The van der Waals surface area contributed by atoms with Crippen LogP contribution in [0.15, 0.2) is 17.5 Å². The molecule has 1 heterocycles. The fourth-order valence-electron chi connectivity index (χ4n) is 0.795. The highest BCUT2D eigenvalue weighted by molar-refractivity contribution is 7.09. The van der Waals surface area contributed by atoms with Gasteiger partial charge in [-0.1, -0.05) is 6.07 Å². The number of rotatable bonds is 4. The lowest BCUT2D eigenvalue weighted by atomic mass is 10.1. The first-order valence-electron chi connectivity index (χ1n) is 4.02. The van der Waals surface area contributed by atoms with E-state index in [1.165, 1.54) is 4.88 Å². The van der Waals surface area contributed by atoms with Gasteiger partial charge in [0.1, 0.15) is 0 Å². The fourth-order valence-corrected chi connectivity index (χ4v) is 1.44. The first kappa shape index (κ1) is 12.9. The molecule has 0 atom stereocenters. The minimum atomic E-state index is -0.177. The highest BCUT2D eigenvalue weighted by Crippen LogP contribution is 2.09. The first-order valence-corrected chi connectivity index (χ1v) is 4.90. The molecule has 2 N–H and O–H groups in total. The van der Waals surface area contributed by atoms with Crippen molar-refractivity contribution in [1.29, 1.82) is 0 Å². The zero-order valence-corrected chi connectivity index (χ0v) is 9.54. The van der Waals surface area contributed by atoms with Crippen LogP contribution in [0.5, 0.6) is 0 Å². The molecule has 0 radical (unpaired) electrons. The van der Waals surface area contributed by atoms with Crippen LogP contribution < -0.4 is 5.32 Å². The summed E-state index contributed by atoms with van der Waals surface area (Å²) in [5, 5.41) is 14.3. The maximum atomic E-state index is 8.96. The number of thiophene rings is 1. The molecule has 13 heavy (non-hydrogen) atoms. The summed E-state index contributed by atoms with van der Waals surface area (Å²) in [6, 6.07) is 4.12. The van der Waals surface area contributed by atoms with Crippen LogP contribution in [0.25, 0.3) is 0 Å². The molecular weight excluding hydrogens is 206 g/mol. The van der Waals surface area contributed by atoms with Gasteiger partial charge in [-0.2, -0.15) is 0 Å². The molecule has 76 valence electrons. The zero-order chi connectivity index (χ0) is 9.03. The molecule has 0 amide bonds. The molecule has 4 heteroatoms. The Kier molecular flexibility index (Phi) is 5.56. The molecule has 1 aromatic heterocycles. The van der Waals surface area contributed by atoms with Crippen LogP contribution in [0.2, 0.25) is 0 Å². The normalized spacial score (nSPS) is 11.0. The second-order valence-electron chi connectivity index (χ2n) is 3.47. The maximum absolute atomic E-state index is 8.96. The molecular formula is C9H16ClNOS. The standard InChI is InChI=1S/C9H15NOS.ClH/c1-9(2,7-11)10-6-8-4-3-5-12-8;/h3-5,10-11H,6-7H2,1-2H3;1H. The summed E-state index contributed by atoms with van der Waals surface area (Å²) in [7, 11) is 0. The molecule has 0 bridgehead atoms. The van der Waals surface area contributed by atoms with E-state index in [-0.39, 0.29) is 24.6 Å². The molecule has 0 saturated heterocycles. The van der Waals surface area contributed by atoms with Crippen LogP contribution in [-0.4, -0.2) is 17.3 Å². The number of aliphatic hydroxyl groups is 1. The van der Waals surface area contributed by atoms with Crippen LogP contribution >= 0.6 is 23.7 Å². The summed E-state index contributed by atoms with van der Waals surface area (Å²) in [6.07, 6.45) is 0. The Labute approximate surface area is 89.4 Å². The van der Waals surface area contributed by atoms with Gasteiger partial charge in [0.25, 0.3) is 0 Å². The second-order valence-corrected chi connectivity index (χ2v) is 4.51. The third-order valence-corrected chi connectivity index (χ3v) is 2.59. The third-order valence-electron chi connectivity index (χ3n) is 1.72. The van der Waals surface area contributed by atoms with E-state index in [4.69, 9.17) is 5.11 Å². The molecule has 0 fully saturated rings. The second kappa shape index (κ2) is 5.60. The molecule has 0 aliphatic rings. The molecule has 0 aromatic carbocycles. The first-order chi connectivity index (χ1) is 5.64. The van der Waals surface area contributed by atoms with Crippen LogP contribution in [0.3, 0.4) is 0 Å². The van der Waals surface area contributed by atoms with E-state index in [9.17, 15) is 0 Å². The molecule has 1 aromatic rings. The van der Waals surface area contributed by atoms with Crippen molar-refractivity contribution >= 4 is 23.7 Å². The van der Waals surface area contributed by atoms with Gasteiger partial charge in [0.15, 0.2) is 0 Å². The Morgan fingerprint density at radius 3 is 2.69 bits per heavy atom. The summed E-state index contributed by atoms with van der Waals surface area (Å²) in [6.45, 7) is 4.98. The van der Waals surface area contributed by atoms with E-state index in [0.717, 1.165) is 6.54 Å². The Balaban J connectivity index is 0.00000144. The summed E-state index contributed by atoms with van der Waals surface area (Å²) in [5.74, 6) is 0. The lowest BCUT2D eigenvalue weighted by Gasteiger charge is -2.22. The van der Waals surface area contributed by atoms with Gasteiger partial charge in [0.05, 0.1) is 6.61 Å². The Hall–Kier alpha value is -0.0900. The van der Waals surface area contributed by atoms with Crippen molar-refractivity contribution in [2.24, 2.45) is 0 Å². The number of hydrogen-bond acceptors (Lipinski definition) is 3. The zero-order valence-electron chi connectivity index (χ0n) is 7.91. The maximum Gasteiger partial charge on any atom is 0.0607 e. The lowest BCUT2D eigenvalue weighted by Crippen LogP contribution is -2.41. The van der Waals surface area contributed by atoms with Crippen molar-refractivity contribution < 1.29 is 5.11 Å². The minimum absolute atomic E-state index is 0.